The van der Waals surface area contributed by atoms with Crippen LogP contribution in [0.25, 0.3) is 10.8 Å². The first-order valence-corrected chi connectivity index (χ1v) is 10.6. The first-order chi connectivity index (χ1) is 13.9. The molecule has 0 fully saturated rings. The Balaban J connectivity index is 1.74. The summed E-state index contributed by atoms with van der Waals surface area (Å²) in [7, 11) is 0. The van der Waals surface area contributed by atoms with Crippen molar-refractivity contribution in [3.63, 3.8) is 0 Å². The Labute approximate surface area is 173 Å². The lowest BCUT2D eigenvalue weighted by molar-refractivity contribution is 0.106. The molecule has 28 heavy (non-hydrogen) atoms. The normalized spacial score (nSPS) is 11.1. The SMILES string of the molecule is NCOCCOc1cccc2c(OCCCOCCCCCCCl)cccc12. The van der Waals surface area contributed by atoms with Crippen LogP contribution in [0.4, 0.5) is 0 Å². The van der Waals surface area contributed by atoms with Crippen LogP contribution in [0, 0.1) is 0 Å². The molecule has 0 heterocycles. The minimum absolute atomic E-state index is 0.203. The van der Waals surface area contributed by atoms with Crippen molar-refractivity contribution in [2.24, 2.45) is 5.73 Å². The largest absolute Gasteiger partial charge is 0.493 e. The fraction of sp³-hybridized carbons (Fsp3) is 0.545. The summed E-state index contributed by atoms with van der Waals surface area (Å²) in [6.07, 6.45) is 5.42. The van der Waals surface area contributed by atoms with Gasteiger partial charge in [-0.3, -0.25) is 0 Å². The molecule has 0 unspecified atom stereocenters. The van der Waals surface area contributed by atoms with Crippen LogP contribution < -0.4 is 15.2 Å². The van der Waals surface area contributed by atoms with Crippen LogP contribution in [0.1, 0.15) is 32.1 Å². The smallest absolute Gasteiger partial charge is 0.127 e. The van der Waals surface area contributed by atoms with Crippen molar-refractivity contribution in [3.05, 3.63) is 36.4 Å². The maximum absolute atomic E-state index is 5.99. The van der Waals surface area contributed by atoms with Gasteiger partial charge in [-0.15, -0.1) is 11.6 Å². The lowest BCUT2D eigenvalue weighted by atomic mass is 10.1. The number of benzene rings is 2. The molecule has 0 aliphatic heterocycles. The van der Waals surface area contributed by atoms with Gasteiger partial charge < -0.3 is 24.7 Å². The van der Waals surface area contributed by atoms with E-state index >= 15 is 0 Å². The Morgan fingerprint density at radius 2 is 1.29 bits per heavy atom. The third kappa shape index (κ3) is 8.23. The fourth-order valence-electron chi connectivity index (χ4n) is 2.90. The molecule has 0 aliphatic rings. The Bertz CT molecular complexity index is 668. The van der Waals surface area contributed by atoms with Gasteiger partial charge in [-0.05, 0) is 25.0 Å². The molecule has 2 aromatic carbocycles. The van der Waals surface area contributed by atoms with Gasteiger partial charge in [-0.1, -0.05) is 37.1 Å². The average Bonchev–Trinajstić information content (AvgIpc) is 2.73. The summed E-state index contributed by atoms with van der Waals surface area (Å²) in [6, 6.07) is 12.0. The van der Waals surface area contributed by atoms with Crippen molar-refractivity contribution in [1.82, 2.24) is 0 Å². The van der Waals surface area contributed by atoms with Gasteiger partial charge in [0.1, 0.15) is 18.1 Å². The number of ether oxygens (including phenoxy) is 4. The van der Waals surface area contributed by atoms with E-state index in [4.69, 9.17) is 36.3 Å². The summed E-state index contributed by atoms with van der Waals surface area (Å²) >= 11 is 5.67. The van der Waals surface area contributed by atoms with E-state index < -0.39 is 0 Å². The van der Waals surface area contributed by atoms with Gasteiger partial charge >= 0.3 is 0 Å². The highest BCUT2D eigenvalue weighted by atomic mass is 35.5. The van der Waals surface area contributed by atoms with Crippen LogP contribution in [-0.2, 0) is 9.47 Å². The van der Waals surface area contributed by atoms with Crippen LogP contribution >= 0.6 is 11.6 Å². The van der Waals surface area contributed by atoms with Crippen molar-refractivity contribution < 1.29 is 18.9 Å². The summed E-state index contributed by atoms with van der Waals surface area (Å²) in [5.74, 6) is 2.44. The molecule has 0 radical (unpaired) electrons. The number of fused-ring (bicyclic) bond motifs is 1. The second kappa shape index (κ2) is 14.5. The van der Waals surface area contributed by atoms with Crippen LogP contribution in [0.2, 0.25) is 0 Å². The predicted molar refractivity (Wildman–Crippen MR) is 115 cm³/mol. The van der Waals surface area contributed by atoms with Gasteiger partial charge in [-0.2, -0.15) is 0 Å². The quantitative estimate of drug-likeness (QED) is 0.246. The topological polar surface area (TPSA) is 62.9 Å². The van der Waals surface area contributed by atoms with Crippen molar-refractivity contribution in [2.45, 2.75) is 32.1 Å². The molecule has 5 nitrogen and oxygen atoms in total. The fourth-order valence-corrected chi connectivity index (χ4v) is 3.08. The Morgan fingerprint density at radius 1 is 0.643 bits per heavy atom. The van der Waals surface area contributed by atoms with E-state index in [1.807, 2.05) is 36.4 Å². The van der Waals surface area contributed by atoms with Gasteiger partial charge in [0.25, 0.3) is 0 Å². The lowest BCUT2D eigenvalue weighted by Gasteiger charge is -2.13. The molecular weight excluding hydrogens is 378 g/mol. The maximum atomic E-state index is 5.99. The van der Waals surface area contributed by atoms with Gasteiger partial charge in [0.05, 0.1) is 19.9 Å². The Kier molecular flexibility index (Phi) is 11.8. The molecule has 2 N–H and O–H groups in total. The van der Waals surface area contributed by atoms with E-state index in [0.29, 0.717) is 19.8 Å². The van der Waals surface area contributed by atoms with Crippen molar-refractivity contribution in [3.8, 4) is 11.5 Å². The van der Waals surface area contributed by atoms with E-state index in [1.54, 1.807) is 0 Å². The maximum Gasteiger partial charge on any atom is 0.127 e. The van der Waals surface area contributed by atoms with E-state index in [-0.39, 0.29) is 6.73 Å². The second-order valence-corrected chi connectivity index (χ2v) is 6.83. The number of alkyl halides is 1. The van der Waals surface area contributed by atoms with E-state index in [0.717, 1.165) is 60.6 Å². The van der Waals surface area contributed by atoms with Crippen LogP contribution in [-0.4, -0.2) is 45.6 Å². The summed E-state index contributed by atoms with van der Waals surface area (Å²) < 4.78 is 22.6. The zero-order valence-electron chi connectivity index (χ0n) is 16.5. The van der Waals surface area contributed by atoms with E-state index in [1.165, 1.54) is 12.8 Å². The molecule has 2 rings (SSSR count). The van der Waals surface area contributed by atoms with Crippen molar-refractivity contribution in [2.75, 3.05) is 45.6 Å². The van der Waals surface area contributed by atoms with Crippen LogP contribution in [0.15, 0.2) is 36.4 Å². The monoisotopic (exact) mass is 409 g/mol. The molecule has 0 spiro atoms. The number of halogens is 1. The van der Waals surface area contributed by atoms with Gasteiger partial charge in [0.2, 0.25) is 0 Å². The Hall–Kier alpha value is -1.53. The van der Waals surface area contributed by atoms with Gasteiger partial charge in [0.15, 0.2) is 0 Å². The standard InChI is InChI=1S/C22H32ClNO4/c23-12-3-1-2-4-13-25-14-7-15-27-21-10-5-9-20-19(21)8-6-11-22(20)28-17-16-26-18-24/h5-6,8-11H,1-4,7,12-18,24H2. The molecule has 0 saturated carbocycles. The highest BCUT2D eigenvalue weighted by Gasteiger charge is 2.07. The highest BCUT2D eigenvalue weighted by molar-refractivity contribution is 6.17. The second-order valence-electron chi connectivity index (χ2n) is 6.45. The highest BCUT2D eigenvalue weighted by Crippen LogP contribution is 2.32. The summed E-state index contributed by atoms with van der Waals surface area (Å²) in [5, 5.41) is 2.07. The zero-order valence-corrected chi connectivity index (χ0v) is 17.3. The number of unbranched alkanes of at least 4 members (excludes halogenated alkanes) is 3. The minimum Gasteiger partial charge on any atom is -0.493 e. The summed E-state index contributed by atoms with van der Waals surface area (Å²) in [6.45, 7) is 3.29. The number of rotatable bonds is 16. The first-order valence-electron chi connectivity index (χ1n) is 10.1. The predicted octanol–water partition coefficient (Wildman–Crippen LogP) is 4.74. The molecule has 0 amide bonds. The molecule has 2 aromatic rings. The molecule has 0 atom stereocenters. The van der Waals surface area contributed by atoms with Crippen LogP contribution in [0.3, 0.4) is 0 Å². The van der Waals surface area contributed by atoms with E-state index in [9.17, 15) is 0 Å². The summed E-state index contributed by atoms with van der Waals surface area (Å²) in [5.41, 5.74) is 5.32. The molecular formula is C22H32ClNO4. The molecule has 0 bridgehead atoms. The van der Waals surface area contributed by atoms with Crippen LogP contribution in [0.5, 0.6) is 11.5 Å². The third-order valence-electron chi connectivity index (χ3n) is 4.31. The lowest BCUT2D eigenvalue weighted by Crippen LogP contribution is -2.11. The summed E-state index contributed by atoms with van der Waals surface area (Å²) in [4.78, 5) is 0. The molecule has 0 aromatic heterocycles. The average molecular weight is 410 g/mol. The Morgan fingerprint density at radius 3 is 1.96 bits per heavy atom. The van der Waals surface area contributed by atoms with E-state index in [2.05, 4.69) is 0 Å². The van der Waals surface area contributed by atoms with Crippen molar-refractivity contribution >= 4 is 22.4 Å². The molecule has 6 heteroatoms. The van der Waals surface area contributed by atoms with Gasteiger partial charge in [-0.25, -0.2) is 0 Å². The van der Waals surface area contributed by atoms with Crippen molar-refractivity contribution in [1.29, 1.82) is 0 Å². The number of hydrogen-bond acceptors (Lipinski definition) is 5. The zero-order chi connectivity index (χ0) is 19.9. The number of hydrogen-bond donors (Lipinski definition) is 1. The molecule has 0 aliphatic carbocycles. The third-order valence-corrected chi connectivity index (χ3v) is 4.58. The van der Waals surface area contributed by atoms with Gasteiger partial charge in [0, 0.05) is 36.3 Å². The first kappa shape index (κ1) is 22.8. The number of nitrogens with two attached hydrogens (primary N) is 1. The molecule has 156 valence electrons. The molecule has 0 saturated heterocycles. The minimum atomic E-state index is 0.203.